The van der Waals surface area contributed by atoms with Crippen LogP contribution >= 0.6 is 0 Å². The van der Waals surface area contributed by atoms with Gasteiger partial charge in [-0.3, -0.25) is 0 Å². The van der Waals surface area contributed by atoms with E-state index in [2.05, 4.69) is 25.5 Å². The second-order valence-corrected chi connectivity index (χ2v) is 5.79. The van der Waals surface area contributed by atoms with Gasteiger partial charge in [0, 0.05) is 12.5 Å². The third-order valence-electron chi connectivity index (χ3n) is 3.74. The molecule has 2 aromatic heterocycles. The Labute approximate surface area is 144 Å². The first kappa shape index (κ1) is 17.1. The molecule has 10 heteroatoms. The van der Waals surface area contributed by atoms with Gasteiger partial charge >= 0.3 is 6.03 Å². The Morgan fingerprint density at radius 3 is 3.00 bits per heavy atom. The Kier molecular flexibility index (Phi) is 5.08. The Morgan fingerprint density at radius 2 is 2.28 bits per heavy atom. The molecule has 1 aliphatic heterocycles. The number of ether oxygens (including phenoxy) is 2. The number of hydrogen-bond donors (Lipinski definition) is 1. The van der Waals surface area contributed by atoms with Gasteiger partial charge in [-0.2, -0.15) is 4.98 Å². The maximum Gasteiger partial charge on any atom is 0.322 e. The molecule has 0 aromatic carbocycles. The second-order valence-electron chi connectivity index (χ2n) is 5.79. The van der Waals surface area contributed by atoms with Crippen molar-refractivity contribution in [3.8, 4) is 5.88 Å². The van der Waals surface area contributed by atoms with E-state index in [0.29, 0.717) is 30.6 Å². The summed E-state index contributed by atoms with van der Waals surface area (Å²) in [5.41, 5.74) is 0.383. The zero-order valence-corrected chi connectivity index (χ0v) is 14.3. The molecule has 1 fully saturated rings. The van der Waals surface area contributed by atoms with E-state index in [1.54, 1.807) is 4.90 Å². The first-order chi connectivity index (χ1) is 12.1. The van der Waals surface area contributed by atoms with Crippen LogP contribution in [0.2, 0.25) is 0 Å². The van der Waals surface area contributed by atoms with Crippen LogP contribution in [-0.4, -0.2) is 58.0 Å². The Bertz CT molecular complexity index is 734. The maximum absolute atomic E-state index is 12.7. The van der Waals surface area contributed by atoms with E-state index in [-0.39, 0.29) is 24.4 Å². The quantitative estimate of drug-likeness (QED) is 0.886. The summed E-state index contributed by atoms with van der Waals surface area (Å²) in [4.78, 5) is 22.2. The third kappa shape index (κ3) is 3.68. The topological polar surface area (TPSA) is 116 Å². The lowest BCUT2D eigenvalue weighted by Gasteiger charge is -2.33. The second kappa shape index (κ2) is 7.43. The van der Waals surface area contributed by atoms with Crippen LogP contribution in [0.1, 0.15) is 37.6 Å². The third-order valence-corrected chi connectivity index (χ3v) is 3.74. The van der Waals surface area contributed by atoms with Crippen molar-refractivity contribution in [2.45, 2.75) is 25.8 Å². The SMILES string of the molecule is COc1ncncc1NC(=O)N1CCOC[C@H]1c1nnc(C(C)C)o1. The van der Waals surface area contributed by atoms with E-state index in [4.69, 9.17) is 13.9 Å². The molecular weight excluding hydrogens is 328 g/mol. The number of urea groups is 1. The summed E-state index contributed by atoms with van der Waals surface area (Å²) in [5.74, 6) is 1.28. The molecule has 1 atom stereocenters. The average Bonchev–Trinajstić information content (AvgIpc) is 3.12. The van der Waals surface area contributed by atoms with Gasteiger partial charge in [-0.25, -0.2) is 9.78 Å². The monoisotopic (exact) mass is 348 g/mol. The van der Waals surface area contributed by atoms with E-state index in [9.17, 15) is 4.79 Å². The highest BCUT2D eigenvalue weighted by Crippen LogP contribution is 2.27. The number of morpholine rings is 1. The van der Waals surface area contributed by atoms with E-state index in [0.717, 1.165) is 0 Å². The number of nitrogens with one attached hydrogen (secondary N) is 1. The standard InChI is InChI=1S/C15H20N6O4/c1-9(2)12-19-20-14(25-12)11-7-24-5-4-21(11)15(22)18-10-6-16-8-17-13(10)23-3/h6,8-9,11H,4-5,7H2,1-3H3,(H,18,22)/t11-/m0/s1. The van der Waals surface area contributed by atoms with Gasteiger partial charge in [-0.15, -0.1) is 10.2 Å². The van der Waals surface area contributed by atoms with Crippen LogP contribution in [-0.2, 0) is 4.74 Å². The minimum atomic E-state index is -0.454. The van der Waals surface area contributed by atoms with Crippen molar-refractivity contribution in [2.24, 2.45) is 0 Å². The van der Waals surface area contributed by atoms with Crippen molar-refractivity contribution in [2.75, 3.05) is 32.2 Å². The number of carbonyl (C=O) groups is 1. The fourth-order valence-electron chi connectivity index (χ4n) is 2.42. The number of hydrogen-bond acceptors (Lipinski definition) is 8. The Morgan fingerprint density at radius 1 is 1.44 bits per heavy atom. The highest BCUT2D eigenvalue weighted by Gasteiger charge is 2.33. The van der Waals surface area contributed by atoms with E-state index >= 15 is 0 Å². The van der Waals surface area contributed by atoms with Crippen molar-refractivity contribution in [1.82, 2.24) is 25.1 Å². The first-order valence-electron chi connectivity index (χ1n) is 7.92. The van der Waals surface area contributed by atoms with Crippen molar-refractivity contribution >= 4 is 11.7 Å². The van der Waals surface area contributed by atoms with Crippen molar-refractivity contribution in [1.29, 1.82) is 0 Å². The molecule has 0 aliphatic carbocycles. The molecule has 0 spiro atoms. The summed E-state index contributed by atoms with van der Waals surface area (Å²) in [6.07, 6.45) is 2.82. The van der Waals surface area contributed by atoms with Crippen LogP contribution < -0.4 is 10.1 Å². The van der Waals surface area contributed by atoms with Crippen LogP contribution in [0.5, 0.6) is 5.88 Å². The number of aromatic nitrogens is 4. The summed E-state index contributed by atoms with van der Waals surface area (Å²) in [5, 5.41) is 10.8. The summed E-state index contributed by atoms with van der Waals surface area (Å²) in [7, 11) is 1.47. The molecule has 0 radical (unpaired) electrons. The lowest BCUT2D eigenvalue weighted by atomic mass is 10.2. The number of rotatable bonds is 4. The van der Waals surface area contributed by atoms with Crippen LogP contribution in [0.4, 0.5) is 10.5 Å². The van der Waals surface area contributed by atoms with Crippen molar-refractivity contribution in [3.63, 3.8) is 0 Å². The van der Waals surface area contributed by atoms with Gasteiger partial charge in [0.25, 0.3) is 0 Å². The molecule has 2 amide bonds. The largest absolute Gasteiger partial charge is 0.479 e. The van der Waals surface area contributed by atoms with Crippen LogP contribution in [0, 0.1) is 0 Å². The predicted octanol–water partition coefficient (Wildman–Crippen LogP) is 1.60. The number of methoxy groups -OCH3 is 1. The number of carbonyl (C=O) groups excluding carboxylic acids is 1. The fourth-order valence-corrected chi connectivity index (χ4v) is 2.42. The highest BCUT2D eigenvalue weighted by molar-refractivity contribution is 5.90. The molecule has 1 saturated heterocycles. The van der Waals surface area contributed by atoms with Gasteiger partial charge in [0.05, 0.1) is 26.5 Å². The molecule has 0 saturated carbocycles. The maximum atomic E-state index is 12.7. The minimum Gasteiger partial charge on any atom is -0.479 e. The highest BCUT2D eigenvalue weighted by atomic mass is 16.5. The van der Waals surface area contributed by atoms with E-state index in [1.807, 2.05) is 13.8 Å². The normalized spacial score (nSPS) is 17.6. The molecule has 3 heterocycles. The summed E-state index contributed by atoms with van der Waals surface area (Å²) in [6.45, 7) is 5.03. The van der Waals surface area contributed by atoms with Gasteiger partial charge in [0.2, 0.25) is 17.7 Å². The van der Waals surface area contributed by atoms with Crippen LogP contribution in [0.15, 0.2) is 16.9 Å². The molecule has 2 aromatic rings. The number of nitrogens with zero attached hydrogens (tertiary/aromatic N) is 5. The molecule has 0 bridgehead atoms. The molecule has 1 N–H and O–H groups in total. The summed E-state index contributed by atoms with van der Waals surface area (Å²) >= 11 is 0. The van der Waals surface area contributed by atoms with Gasteiger partial charge in [-0.1, -0.05) is 13.8 Å². The minimum absolute atomic E-state index is 0.110. The Hall–Kier alpha value is -2.75. The summed E-state index contributed by atoms with van der Waals surface area (Å²) < 4.78 is 16.3. The molecule has 25 heavy (non-hydrogen) atoms. The molecule has 0 unspecified atom stereocenters. The number of anilines is 1. The summed E-state index contributed by atoms with van der Waals surface area (Å²) in [6, 6.07) is -0.796. The average molecular weight is 348 g/mol. The molecule has 10 nitrogen and oxygen atoms in total. The zero-order valence-electron chi connectivity index (χ0n) is 14.3. The van der Waals surface area contributed by atoms with Crippen molar-refractivity contribution in [3.05, 3.63) is 24.3 Å². The van der Waals surface area contributed by atoms with Gasteiger partial charge in [0.1, 0.15) is 18.1 Å². The van der Waals surface area contributed by atoms with Gasteiger partial charge in [-0.05, 0) is 0 Å². The number of amides is 2. The van der Waals surface area contributed by atoms with Crippen LogP contribution in [0.3, 0.4) is 0 Å². The van der Waals surface area contributed by atoms with Gasteiger partial charge in [0.15, 0.2) is 0 Å². The molecular formula is C15H20N6O4. The van der Waals surface area contributed by atoms with Gasteiger partial charge < -0.3 is 24.1 Å². The van der Waals surface area contributed by atoms with E-state index < -0.39 is 6.04 Å². The fraction of sp³-hybridized carbons (Fsp3) is 0.533. The Balaban J connectivity index is 1.79. The zero-order chi connectivity index (χ0) is 17.8. The molecule has 1 aliphatic rings. The van der Waals surface area contributed by atoms with Crippen molar-refractivity contribution < 1.29 is 18.7 Å². The first-order valence-corrected chi connectivity index (χ1v) is 7.92. The lowest BCUT2D eigenvalue weighted by Crippen LogP contribution is -2.45. The predicted molar refractivity (Wildman–Crippen MR) is 86.3 cm³/mol. The van der Waals surface area contributed by atoms with Crippen LogP contribution in [0.25, 0.3) is 0 Å². The van der Waals surface area contributed by atoms with E-state index in [1.165, 1.54) is 19.6 Å². The lowest BCUT2D eigenvalue weighted by molar-refractivity contribution is 0.00493. The molecule has 134 valence electrons. The molecule has 3 rings (SSSR count). The smallest absolute Gasteiger partial charge is 0.322 e.